The van der Waals surface area contributed by atoms with Gasteiger partial charge in [-0.15, -0.1) is 0 Å². The second-order valence-corrected chi connectivity index (χ2v) is 2.79. The van der Waals surface area contributed by atoms with Crippen molar-refractivity contribution in [3.8, 4) is 0 Å². The van der Waals surface area contributed by atoms with Crippen molar-refractivity contribution in [1.82, 2.24) is 0 Å². The Labute approximate surface area is 73.7 Å². The third-order valence-electron chi connectivity index (χ3n) is 1.72. The fourth-order valence-electron chi connectivity index (χ4n) is 0.983. The van der Waals surface area contributed by atoms with Crippen LogP contribution in [0.15, 0.2) is 12.7 Å². The van der Waals surface area contributed by atoms with Crippen LogP contribution in [0.4, 0.5) is 0 Å². The summed E-state index contributed by atoms with van der Waals surface area (Å²) in [6, 6.07) is 0. The molecule has 12 heavy (non-hydrogen) atoms. The van der Waals surface area contributed by atoms with Gasteiger partial charge in [0.05, 0.1) is 0 Å². The Balaban J connectivity index is 3.05. The zero-order valence-corrected chi connectivity index (χ0v) is 7.42. The summed E-state index contributed by atoms with van der Waals surface area (Å²) in [5.74, 6) is 0.116. The molecule has 0 saturated heterocycles. The quantitative estimate of drug-likeness (QED) is 0.316. The topological polar surface area (TPSA) is 34.1 Å². The average molecular weight is 168 g/mol. The van der Waals surface area contributed by atoms with Crippen LogP contribution in [-0.2, 0) is 9.59 Å². The minimum atomic E-state index is 0.116. The van der Waals surface area contributed by atoms with E-state index in [9.17, 15) is 9.59 Å². The number of hydrogen-bond acceptors (Lipinski definition) is 2. The first-order valence-electron chi connectivity index (χ1n) is 4.40. The highest BCUT2D eigenvalue weighted by Gasteiger charge is 1.94. The number of unbranched alkanes of at least 4 members (excludes halogenated alkanes) is 4. The fourth-order valence-corrected chi connectivity index (χ4v) is 0.983. The van der Waals surface area contributed by atoms with Gasteiger partial charge in [0.15, 0.2) is 5.78 Å². The molecular formula is C10H16O2. The largest absolute Gasteiger partial charge is 0.303 e. The van der Waals surface area contributed by atoms with E-state index in [1.54, 1.807) is 0 Å². The standard InChI is InChI=1S/C10H16O2/c1-2-10(12)8-6-4-3-5-7-9-11/h2,9H,1,3-8H2. The molecular weight excluding hydrogens is 152 g/mol. The molecule has 0 saturated carbocycles. The molecule has 0 atom stereocenters. The molecule has 0 aromatic heterocycles. The van der Waals surface area contributed by atoms with E-state index in [0.717, 1.165) is 32.0 Å². The fraction of sp³-hybridized carbons (Fsp3) is 0.600. The number of carbonyl (C=O) groups excluding carboxylic acids is 2. The van der Waals surface area contributed by atoms with Gasteiger partial charge >= 0.3 is 0 Å². The monoisotopic (exact) mass is 168 g/mol. The van der Waals surface area contributed by atoms with Crippen LogP contribution in [0.25, 0.3) is 0 Å². The molecule has 0 amide bonds. The summed E-state index contributed by atoms with van der Waals surface area (Å²) in [6.07, 6.45) is 7.51. The van der Waals surface area contributed by atoms with E-state index in [4.69, 9.17) is 0 Å². The molecule has 0 aromatic rings. The molecule has 2 heteroatoms. The maximum atomic E-state index is 10.7. The number of aldehydes is 1. The summed E-state index contributed by atoms with van der Waals surface area (Å²) in [5.41, 5.74) is 0. The van der Waals surface area contributed by atoms with Crippen molar-refractivity contribution in [2.75, 3.05) is 0 Å². The Hall–Kier alpha value is -0.920. The van der Waals surface area contributed by atoms with E-state index in [-0.39, 0.29) is 5.78 Å². The highest BCUT2D eigenvalue weighted by atomic mass is 16.1. The van der Waals surface area contributed by atoms with Crippen molar-refractivity contribution >= 4 is 12.1 Å². The summed E-state index contributed by atoms with van der Waals surface area (Å²) in [7, 11) is 0. The molecule has 0 rings (SSSR count). The van der Waals surface area contributed by atoms with Gasteiger partial charge in [0.1, 0.15) is 6.29 Å². The summed E-state index contributed by atoms with van der Waals surface area (Å²) in [6.45, 7) is 3.39. The number of allylic oxidation sites excluding steroid dienone is 1. The van der Waals surface area contributed by atoms with Gasteiger partial charge < -0.3 is 4.79 Å². The highest BCUT2D eigenvalue weighted by Crippen LogP contribution is 2.04. The zero-order valence-electron chi connectivity index (χ0n) is 7.42. The molecule has 0 spiro atoms. The summed E-state index contributed by atoms with van der Waals surface area (Å²) in [4.78, 5) is 20.7. The van der Waals surface area contributed by atoms with E-state index in [1.807, 2.05) is 0 Å². The zero-order chi connectivity index (χ0) is 9.23. The normalized spacial score (nSPS) is 9.33. The highest BCUT2D eigenvalue weighted by molar-refractivity contribution is 5.88. The van der Waals surface area contributed by atoms with Crippen molar-refractivity contribution in [2.45, 2.75) is 38.5 Å². The number of ketones is 1. The molecule has 0 aliphatic carbocycles. The summed E-state index contributed by atoms with van der Waals surface area (Å²) < 4.78 is 0. The molecule has 0 aliphatic heterocycles. The number of hydrogen-bond donors (Lipinski definition) is 0. The first kappa shape index (κ1) is 11.1. The maximum Gasteiger partial charge on any atom is 0.155 e. The lowest BCUT2D eigenvalue weighted by atomic mass is 10.1. The molecule has 0 aliphatic rings. The van der Waals surface area contributed by atoms with Crippen LogP contribution < -0.4 is 0 Å². The van der Waals surface area contributed by atoms with Crippen LogP contribution in [-0.4, -0.2) is 12.1 Å². The molecule has 0 radical (unpaired) electrons. The van der Waals surface area contributed by atoms with Gasteiger partial charge in [0, 0.05) is 12.8 Å². The SMILES string of the molecule is C=CC(=O)CCCCCCC=O. The van der Waals surface area contributed by atoms with Gasteiger partial charge in [-0.25, -0.2) is 0 Å². The molecule has 2 nitrogen and oxygen atoms in total. The Bertz CT molecular complexity index is 150. The Kier molecular flexibility index (Phi) is 7.55. The van der Waals surface area contributed by atoms with Crippen LogP contribution >= 0.6 is 0 Å². The van der Waals surface area contributed by atoms with E-state index < -0.39 is 0 Å². The van der Waals surface area contributed by atoms with Crippen LogP contribution in [0.1, 0.15) is 38.5 Å². The van der Waals surface area contributed by atoms with Gasteiger partial charge in [0.25, 0.3) is 0 Å². The van der Waals surface area contributed by atoms with E-state index in [2.05, 4.69) is 6.58 Å². The van der Waals surface area contributed by atoms with E-state index >= 15 is 0 Å². The molecule has 0 fully saturated rings. The molecule has 68 valence electrons. The molecule has 0 aromatic carbocycles. The van der Waals surface area contributed by atoms with Crippen LogP contribution in [0.5, 0.6) is 0 Å². The van der Waals surface area contributed by atoms with Crippen molar-refractivity contribution in [3.63, 3.8) is 0 Å². The lowest BCUT2D eigenvalue weighted by molar-refractivity contribution is -0.114. The van der Waals surface area contributed by atoms with Crippen LogP contribution in [0, 0.1) is 0 Å². The predicted molar refractivity (Wildman–Crippen MR) is 49.0 cm³/mol. The molecule has 0 unspecified atom stereocenters. The first-order chi connectivity index (χ1) is 5.81. The van der Waals surface area contributed by atoms with Gasteiger partial charge in [0.2, 0.25) is 0 Å². The van der Waals surface area contributed by atoms with Crippen molar-refractivity contribution in [1.29, 1.82) is 0 Å². The first-order valence-corrected chi connectivity index (χ1v) is 4.40. The second kappa shape index (κ2) is 8.18. The lowest BCUT2D eigenvalue weighted by Crippen LogP contribution is -1.91. The lowest BCUT2D eigenvalue weighted by Gasteiger charge is -1.96. The molecule has 0 heterocycles. The van der Waals surface area contributed by atoms with Crippen LogP contribution in [0.3, 0.4) is 0 Å². The third-order valence-corrected chi connectivity index (χ3v) is 1.72. The second-order valence-electron chi connectivity index (χ2n) is 2.79. The van der Waals surface area contributed by atoms with Gasteiger partial charge in [-0.05, 0) is 18.9 Å². The summed E-state index contributed by atoms with van der Waals surface area (Å²) >= 11 is 0. The Morgan fingerprint density at radius 2 is 1.83 bits per heavy atom. The van der Waals surface area contributed by atoms with Crippen LogP contribution in [0.2, 0.25) is 0 Å². The maximum absolute atomic E-state index is 10.7. The summed E-state index contributed by atoms with van der Waals surface area (Å²) in [5, 5.41) is 0. The number of carbonyl (C=O) groups is 2. The van der Waals surface area contributed by atoms with Crippen molar-refractivity contribution < 1.29 is 9.59 Å². The Morgan fingerprint density at radius 1 is 1.17 bits per heavy atom. The Morgan fingerprint density at radius 3 is 2.42 bits per heavy atom. The average Bonchev–Trinajstić information content (AvgIpc) is 2.10. The minimum absolute atomic E-state index is 0.116. The van der Waals surface area contributed by atoms with E-state index in [0.29, 0.717) is 12.8 Å². The number of rotatable bonds is 8. The molecule has 0 bridgehead atoms. The van der Waals surface area contributed by atoms with Crippen molar-refractivity contribution in [3.05, 3.63) is 12.7 Å². The smallest absolute Gasteiger partial charge is 0.155 e. The van der Waals surface area contributed by atoms with Gasteiger partial charge in [-0.1, -0.05) is 19.4 Å². The van der Waals surface area contributed by atoms with E-state index in [1.165, 1.54) is 6.08 Å². The molecule has 0 N–H and O–H groups in total. The predicted octanol–water partition coefficient (Wildman–Crippen LogP) is 2.28. The minimum Gasteiger partial charge on any atom is -0.303 e. The van der Waals surface area contributed by atoms with Gasteiger partial charge in [-0.2, -0.15) is 0 Å². The van der Waals surface area contributed by atoms with Crippen molar-refractivity contribution in [2.24, 2.45) is 0 Å². The third kappa shape index (κ3) is 7.19. The van der Waals surface area contributed by atoms with Gasteiger partial charge in [-0.3, -0.25) is 4.79 Å².